The highest BCUT2D eigenvalue weighted by Crippen LogP contribution is 2.35. The zero-order valence-electron chi connectivity index (χ0n) is 12.0. The third kappa shape index (κ3) is 3.10. The Morgan fingerprint density at radius 2 is 1.94 bits per heavy atom. The number of alkyl halides is 1. The first-order valence-corrected chi connectivity index (χ1v) is 8.78. The Morgan fingerprint density at radius 1 is 1.22 bits per heavy atom. The average molecular weight is 318 g/mol. The van der Waals surface area contributed by atoms with Crippen LogP contribution < -0.4 is 0 Å². The molecule has 0 spiro atoms. The van der Waals surface area contributed by atoms with Crippen molar-refractivity contribution in [2.45, 2.75) is 64.5 Å². The Bertz CT molecular complexity index is 245. The Hall–Kier alpha value is 0.400. The molecule has 0 amide bonds. The van der Waals surface area contributed by atoms with Gasteiger partial charge in [0.1, 0.15) is 0 Å². The van der Waals surface area contributed by atoms with E-state index in [1.165, 1.54) is 45.1 Å². The molecule has 18 heavy (non-hydrogen) atoms. The lowest BCUT2D eigenvalue weighted by Gasteiger charge is -2.47. The van der Waals surface area contributed by atoms with Crippen LogP contribution in [0.25, 0.3) is 0 Å². The van der Waals surface area contributed by atoms with Crippen molar-refractivity contribution in [3.63, 3.8) is 0 Å². The number of halogens is 1. The molecule has 2 unspecified atom stereocenters. The molecule has 1 heterocycles. The first kappa shape index (κ1) is 14.8. The summed E-state index contributed by atoms with van der Waals surface area (Å²) in [5.74, 6) is 0. The van der Waals surface area contributed by atoms with Crippen molar-refractivity contribution in [1.29, 1.82) is 0 Å². The maximum Gasteiger partial charge on any atom is 0.0730 e. The fourth-order valence-electron chi connectivity index (χ4n) is 3.51. The van der Waals surface area contributed by atoms with Crippen LogP contribution >= 0.6 is 15.9 Å². The molecule has 0 bridgehead atoms. The highest BCUT2D eigenvalue weighted by Gasteiger charge is 2.37. The SMILES string of the molecule is CCC(CC)(CBr)CN1CCOC2CCCCC21. The highest BCUT2D eigenvalue weighted by atomic mass is 79.9. The maximum absolute atomic E-state index is 5.97. The molecule has 0 aromatic heterocycles. The molecule has 0 aromatic carbocycles. The van der Waals surface area contributed by atoms with Crippen LogP contribution in [0, 0.1) is 5.41 Å². The molecule has 2 atom stereocenters. The summed E-state index contributed by atoms with van der Waals surface area (Å²) in [6, 6.07) is 0.698. The van der Waals surface area contributed by atoms with Gasteiger partial charge in [-0.05, 0) is 31.1 Å². The third-order valence-corrected chi connectivity index (χ3v) is 6.36. The summed E-state index contributed by atoms with van der Waals surface area (Å²) in [7, 11) is 0. The predicted molar refractivity (Wildman–Crippen MR) is 80.4 cm³/mol. The molecular formula is C15H28BrNO. The molecule has 2 aliphatic rings. The van der Waals surface area contributed by atoms with Crippen molar-refractivity contribution in [2.75, 3.05) is 25.0 Å². The lowest BCUT2D eigenvalue weighted by atomic mass is 9.82. The zero-order valence-corrected chi connectivity index (χ0v) is 13.5. The van der Waals surface area contributed by atoms with Crippen LogP contribution in [0.1, 0.15) is 52.4 Å². The first-order chi connectivity index (χ1) is 8.74. The smallest absolute Gasteiger partial charge is 0.0730 e. The van der Waals surface area contributed by atoms with Crippen LogP contribution in [0.3, 0.4) is 0 Å². The van der Waals surface area contributed by atoms with Crippen LogP contribution in [-0.2, 0) is 4.74 Å². The molecule has 106 valence electrons. The van der Waals surface area contributed by atoms with Crippen molar-refractivity contribution >= 4 is 15.9 Å². The summed E-state index contributed by atoms with van der Waals surface area (Å²) in [6.45, 7) is 7.99. The van der Waals surface area contributed by atoms with Gasteiger partial charge in [0.2, 0.25) is 0 Å². The van der Waals surface area contributed by atoms with Gasteiger partial charge in [0.15, 0.2) is 0 Å². The molecule has 1 aliphatic carbocycles. The monoisotopic (exact) mass is 317 g/mol. The van der Waals surface area contributed by atoms with E-state index in [0.717, 1.165) is 18.5 Å². The second-order valence-electron chi connectivity index (χ2n) is 6.07. The normalized spacial score (nSPS) is 30.2. The van der Waals surface area contributed by atoms with Gasteiger partial charge in [-0.2, -0.15) is 0 Å². The van der Waals surface area contributed by atoms with Gasteiger partial charge < -0.3 is 4.74 Å². The van der Waals surface area contributed by atoms with Crippen molar-refractivity contribution in [3.8, 4) is 0 Å². The second-order valence-corrected chi connectivity index (χ2v) is 6.63. The summed E-state index contributed by atoms with van der Waals surface area (Å²) in [5.41, 5.74) is 0.458. The largest absolute Gasteiger partial charge is 0.375 e. The Kier molecular flexibility index (Phi) is 5.52. The molecule has 3 heteroatoms. The third-order valence-electron chi connectivity index (χ3n) is 5.17. The lowest BCUT2D eigenvalue weighted by Crippen LogP contribution is -2.55. The first-order valence-electron chi connectivity index (χ1n) is 7.66. The number of hydrogen-bond acceptors (Lipinski definition) is 2. The summed E-state index contributed by atoms with van der Waals surface area (Å²) < 4.78 is 5.97. The van der Waals surface area contributed by atoms with Gasteiger partial charge in [-0.25, -0.2) is 0 Å². The van der Waals surface area contributed by atoms with Gasteiger partial charge in [-0.15, -0.1) is 0 Å². The molecule has 1 aliphatic heterocycles. The van der Waals surface area contributed by atoms with E-state index in [1.54, 1.807) is 0 Å². The van der Waals surface area contributed by atoms with Crippen molar-refractivity contribution < 1.29 is 4.74 Å². The summed E-state index contributed by atoms with van der Waals surface area (Å²) >= 11 is 3.75. The van der Waals surface area contributed by atoms with E-state index in [0.29, 0.717) is 17.6 Å². The molecule has 2 fully saturated rings. The van der Waals surface area contributed by atoms with Gasteiger partial charge in [0.05, 0.1) is 12.7 Å². The molecule has 2 rings (SSSR count). The number of fused-ring (bicyclic) bond motifs is 1. The minimum Gasteiger partial charge on any atom is -0.375 e. The van der Waals surface area contributed by atoms with Crippen LogP contribution in [0.2, 0.25) is 0 Å². The number of morpholine rings is 1. The van der Waals surface area contributed by atoms with Crippen LogP contribution in [0.4, 0.5) is 0 Å². The van der Waals surface area contributed by atoms with Crippen molar-refractivity contribution in [1.82, 2.24) is 4.90 Å². The van der Waals surface area contributed by atoms with Gasteiger partial charge in [-0.3, -0.25) is 4.90 Å². The van der Waals surface area contributed by atoms with Crippen molar-refractivity contribution in [3.05, 3.63) is 0 Å². The van der Waals surface area contributed by atoms with E-state index in [2.05, 4.69) is 34.7 Å². The Balaban J connectivity index is 2.02. The number of rotatable bonds is 5. The van der Waals surface area contributed by atoms with Crippen LogP contribution in [-0.4, -0.2) is 42.1 Å². The number of hydrogen-bond donors (Lipinski definition) is 0. The van der Waals surface area contributed by atoms with Gasteiger partial charge >= 0.3 is 0 Å². The summed E-state index contributed by atoms with van der Waals surface area (Å²) in [4.78, 5) is 2.74. The van der Waals surface area contributed by atoms with Gasteiger partial charge in [0.25, 0.3) is 0 Å². The zero-order chi connectivity index (χ0) is 13.0. The molecule has 1 saturated carbocycles. The maximum atomic E-state index is 5.97. The summed E-state index contributed by atoms with van der Waals surface area (Å²) in [6.07, 6.45) is 8.43. The van der Waals surface area contributed by atoms with Crippen LogP contribution in [0.5, 0.6) is 0 Å². The fourth-order valence-corrected chi connectivity index (χ4v) is 4.48. The molecule has 0 radical (unpaired) electrons. The van der Waals surface area contributed by atoms with E-state index in [9.17, 15) is 0 Å². The van der Waals surface area contributed by atoms with Gasteiger partial charge in [-0.1, -0.05) is 42.6 Å². The molecular weight excluding hydrogens is 290 g/mol. The number of nitrogens with zero attached hydrogens (tertiary/aromatic N) is 1. The molecule has 0 N–H and O–H groups in total. The van der Waals surface area contributed by atoms with E-state index in [-0.39, 0.29) is 0 Å². The fraction of sp³-hybridized carbons (Fsp3) is 1.00. The van der Waals surface area contributed by atoms with E-state index < -0.39 is 0 Å². The highest BCUT2D eigenvalue weighted by molar-refractivity contribution is 9.09. The average Bonchev–Trinajstić information content (AvgIpc) is 2.45. The standard InChI is InChI=1S/C15H28BrNO/c1-3-15(4-2,11-16)12-17-9-10-18-14-8-6-5-7-13(14)17/h13-14H,3-12H2,1-2H3. The predicted octanol–water partition coefficient (Wildman–Crippen LogP) is 3.83. The topological polar surface area (TPSA) is 12.5 Å². The van der Waals surface area contributed by atoms with Crippen molar-refractivity contribution in [2.24, 2.45) is 5.41 Å². The van der Waals surface area contributed by atoms with E-state index >= 15 is 0 Å². The van der Waals surface area contributed by atoms with E-state index in [1.807, 2.05) is 0 Å². The molecule has 0 aromatic rings. The van der Waals surface area contributed by atoms with Gasteiger partial charge in [0, 0.05) is 24.5 Å². The quantitative estimate of drug-likeness (QED) is 0.714. The van der Waals surface area contributed by atoms with E-state index in [4.69, 9.17) is 4.74 Å². The lowest BCUT2D eigenvalue weighted by molar-refractivity contribution is -0.0979. The number of ether oxygens (including phenoxy) is 1. The minimum atomic E-state index is 0.458. The Morgan fingerprint density at radius 3 is 2.61 bits per heavy atom. The molecule has 1 saturated heterocycles. The second kappa shape index (κ2) is 6.71. The summed E-state index contributed by atoms with van der Waals surface area (Å²) in [5, 5.41) is 1.13. The minimum absolute atomic E-state index is 0.458. The molecule has 2 nitrogen and oxygen atoms in total. The van der Waals surface area contributed by atoms with Crippen LogP contribution in [0.15, 0.2) is 0 Å². The Labute approximate surface area is 121 Å².